The summed E-state index contributed by atoms with van der Waals surface area (Å²) in [7, 11) is 1.97. The summed E-state index contributed by atoms with van der Waals surface area (Å²) in [5.41, 5.74) is 4.91. The summed E-state index contributed by atoms with van der Waals surface area (Å²) in [6.07, 6.45) is 7.25. The fourth-order valence-electron chi connectivity index (χ4n) is 3.83. The predicted molar refractivity (Wildman–Crippen MR) is 109 cm³/mol. The van der Waals surface area contributed by atoms with E-state index >= 15 is 0 Å². The van der Waals surface area contributed by atoms with Gasteiger partial charge in [0.2, 0.25) is 0 Å². The minimum Gasteiger partial charge on any atom is -0.299 e. The molecule has 0 radical (unpaired) electrons. The van der Waals surface area contributed by atoms with Crippen molar-refractivity contribution in [2.45, 2.75) is 31.7 Å². The highest BCUT2D eigenvalue weighted by atomic mass is 35.5. The molecule has 0 atom stereocenters. The van der Waals surface area contributed by atoms with E-state index in [1.54, 1.807) is 0 Å². The molecule has 3 aromatic rings. The number of pyridine rings is 1. The summed E-state index contributed by atoms with van der Waals surface area (Å²) in [4.78, 5) is 7.48. The smallest absolute Gasteiger partial charge is 0.0534 e. The number of likely N-dealkylation sites (tertiary alicyclic amines) is 1. The number of rotatable bonds is 5. The third kappa shape index (κ3) is 4.76. The fraction of sp³-hybridized carbons (Fsp3) is 0.364. The average molecular weight is 381 g/mol. The van der Waals surface area contributed by atoms with Crippen molar-refractivity contribution in [1.29, 1.82) is 0 Å². The SMILES string of the molecule is Cn1cc(CN2CCC(c3cccc(Cc4ccc(Cl)cc4)n3)CC2)cn1. The van der Waals surface area contributed by atoms with Crippen molar-refractivity contribution in [2.24, 2.45) is 7.05 Å². The average Bonchev–Trinajstić information content (AvgIpc) is 3.09. The van der Waals surface area contributed by atoms with Crippen molar-refractivity contribution >= 4 is 11.6 Å². The van der Waals surface area contributed by atoms with Gasteiger partial charge in [-0.3, -0.25) is 14.6 Å². The predicted octanol–water partition coefficient (Wildman–Crippen LogP) is 4.44. The number of hydrogen-bond donors (Lipinski definition) is 0. The van der Waals surface area contributed by atoms with E-state index in [-0.39, 0.29) is 0 Å². The Morgan fingerprint density at radius 3 is 2.52 bits per heavy atom. The molecule has 0 bridgehead atoms. The molecular weight excluding hydrogens is 356 g/mol. The lowest BCUT2D eigenvalue weighted by Crippen LogP contribution is -2.32. The number of piperidine rings is 1. The molecule has 5 heteroatoms. The van der Waals surface area contributed by atoms with Crippen LogP contribution in [0.1, 0.15) is 41.3 Å². The Hall–Kier alpha value is -2.17. The molecule has 0 N–H and O–H groups in total. The quantitative estimate of drug-likeness (QED) is 0.656. The van der Waals surface area contributed by atoms with E-state index in [0.717, 1.165) is 49.6 Å². The molecule has 0 unspecified atom stereocenters. The van der Waals surface area contributed by atoms with Gasteiger partial charge >= 0.3 is 0 Å². The summed E-state index contributed by atoms with van der Waals surface area (Å²) < 4.78 is 1.87. The second kappa shape index (κ2) is 8.24. The monoisotopic (exact) mass is 380 g/mol. The summed E-state index contributed by atoms with van der Waals surface area (Å²) in [5, 5.41) is 5.04. The standard InChI is InChI=1S/C22H25ClN4/c1-26-15-18(14-24-26)16-27-11-9-19(10-12-27)22-4-2-3-21(25-22)13-17-5-7-20(23)8-6-17/h2-8,14-15,19H,9-13,16H2,1H3. The number of aryl methyl sites for hydroxylation is 1. The zero-order valence-corrected chi connectivity index (χ0v) is 16.4. The Balaban J connectivity index is 1.36. The molecule has 1 aliphatic heterocycles. The van der Waals surface area contributed by atoms with E-state index in [1.807, 2.05) is 30.1 Å². The van der Waals surface area contributed by atoms with Crippen LogP contribution in [0.15, 0.2) is 54.9 Å². The summed E-state index contributed by atoms with van der Waals surface area (Å²) in [6, 6.07) is 14.5. The van der Waals surface area contributed by atoms with Crippen LogP contribution in [0.5, 0.6) is 0 Å². The molecule has 0 amide bonds. The van der Waals surface area contributed by atoms with Gasteiger partial charge in [-0.15, -0.1) is 0 Å². The number of nitrogens with zero attached hydrogens (tertiary/aromatic N) is 4. The highest BCUT2D eigenvalue weighted by Crippen LogP contribution is 2.28. The van der Waals surface area contributed by atoms with Crippen LogP contribution in [-0.2, 0) is 20.0 Å². The van der Waals surface area contributed by atoms with Crippen LogP contribution in [-0.4, -0.2) is 32.8 Å². The van der Waals surface area contributed by atoms with Crippen molar-refractivity contribution in [1.82, 2.24) is 19.7 Å². The minimum absolute atomic E-state index is 0.556. The first-order chi connectivity index (χ1) is 13.2. The molecule has 0 saturated carbocycles. The van der Waals surface area contributed by atoms with E-state index < -0.39 is 0 Å². The maximum atomic E-state index is 5.98. The molecule has 0 aliphatic carbocycles. The van der Waals surface area contributed by atoms with Crippen molar-refractivity contribution in [3.63, 3.8) is 0 Å². The first-order valence-electron chi connectivity index (χ1n) is 9.56. The molecule has 2 aromatic heterocycles. The number of hydrogen-bond acceptors (Lipinski definition) is 3. The highest BCUT2D eigenvalue weighted by molar-refractivity contribution is 6.30. The lowest BCUT2D eigenvalue weighted by Gasteiger charge is -2.31. The molecule has 1 aromatic carbocycles. The van der Waals surface area contributed by atoms with Crippen LogP contribution >= 0.6 is 11.6 Å². The lowest BCUT2D eigenvalue weighted by molar-refractivity contribution is 0.203. The van der Waals surface area contributed by atoms with Crippen molar-refractivity contribution in [2.75, 3.05) is 13.1 Å². The summed E-state index contributed by atoms with van der Waals surface area (Å²) >= 11 is 5.98. The lowest BCUT2D eigenvalue weighted by atomic mass is 9.92. The van der Waals surface area contributed by atoms with Gasteiger partial charge in [-0.2, -0.15) is 5.10 Å². The Morgan fingerprint density at radius 1 is 1.04 bits per heavy atom. The largest absolute Gasteiger partial charge is 0.299 e. The third-order valence-corrected chi connectivity index (χ3v) is 5.55. The van der Waals surface area contributed by atoms with Gasteiger partial charge in [-0.1, -0.05) is 29.8 Å². The molecule has 4 nitrogen and oxygen atoms in total. The molecule has 140 valence electrons. The van der Waals surface area contributed by atoms with Crippen LogP contribution in [0.3, 0.4) is 0 Å². The van der Waals surface area contributed by atoms with Crippen LogP contribution in [0, 0.1) is 0 Å². The van der Waals surface area contributed by atoms with Gasteiger partial charge in [-0.25, -0.2) is 0 Å². The number of aromatic nitrogens is 3. The van der Waals surface area contributed by atoms with Gasteiger partial charge in [-0.05, 0) is 55.8 Å². The highest BCUT2D eigenvalue weighted by Gasteiger charge is 2.22. The Kier molecular flexibility index (Phi) is 5.55. The molecule has 1 fully saturated rings. The van der Waals surface area contributed by atoms with Crippen molar-refractivity contribution in [3.8, 4) is 0 Å². The molecule has 4 rings (SSSR count). The van der Waals surface area contributed by atoms with Crippen LogP contribution in [0.25, 0.3) is 0 Å². The topological polar surface area (TPSA) is 34.0 Å². The molecule has 0 spiro atoms. The van der Waals surface area contributed by atoms with Crippen molar-refractivity contribution < 1.29 is 0 Å². The normalized spacial score (nSPS) is 15.9. The second-order valence-corrected chi connectivity index (χ2v) is 7.87. The van der Waals surface area contributed by atoms with Crippen LogP contribution in [0.2, 0.25) is 5.02 Å². The van der Waals surface area contributed by atoms with Gasteiger partial charge < -0.3 is 0 Å². The summed E-state index contributed by atoms with van der Waals surface area (Å²) in [6.45, 7) is 3.22. The van der Waals surface area contributed by atoms with E-state index in [1.165, 1.54) is 16.8 Å². The Labute approximate surface area is 165 Å². The van der Waals surface area contributed by atoms with Gasteiger partial charge in [0.25, 0.3) is 0 Å². The van der Waals surface area contributed by atoms with Crippen molar-refractivity contribution in [3.05, 3.63) is 82.4 Å². The van der Waals surface area contributed by atoms with Gasteiger partial charge in [0.1, 0.15) is 0 Å². The fourth-order valence-corrected chi connectivity index (χ4v) is 3.96. The molecule has 1 saturated heterocycles. The number of benzene rings is 1. The molecule has 1 aliphatic rings. The Morgan fingerprint density at radius 2 is 1.81 bits per heavy atom. The first-order valence-corrected chi connectivity index (χ1v) is 9.94. The summed E-state index contributed by atoms with van der Waals surface area (Å²) in [5.74, 6) is 0.556. The third-order valence-electron chi connectivity index (χ3n) is 5.30. The Bertz CT molecular complexity index is 879. The van der Waals surface area contributed by atoms with E-state index in [9.17, 15) is 0 Å². The zero-order chi connectivity index (χ0) is 18.6. The maximum absolute atomic E-state index is 5.98. The number of halogens is 1. The van der Waals surface area contributed by atoms with Crippen LogP contribution in [0.4, 0.5) is 0 Å². The van der Waals surface area contributed by atoms with E-state index in [0.29, 0.717) is 5.92 Å². The first kappa shape index (κ1) is 18.2. The van der Waals surface area contributed by atoms with Gasteiger partial charge in [0.05, 0.1) is 6.20 Å². The zero-order valence-electron chi connectivity index (χ0n) is 15.7. The maximum Gasteiger partial charge on any atom is 0.0534 e. The van der Waals surface area contributed by atoms with Gasteiger partial charge in [0, 0.05) is 54.1 Å². The van der Waals surface area contributed by atoms with Crippen LogP contribution < -0.4 is 0 Å². The second-order valence-electron chi connectivity index (χ2n) is 7.43. The minimum atomic E-state index is 0.556. The molecular formula is C22H25ClN4. The molecule has 3 heterocycles. The van der Waals surface area contributed by atoms with E-state index in [2.05, 4.69) is 46.5 Å². The van der Waals surface area contributed by atoms with E-state index in [4.69, 9.17) is 16.6 Å². The van der Waals surface area contributed by atoms with Gasteiger partial charge in [0.15, 0.2) is 0 Å². The molecule has 27 heavy (non-hydrogen) atoms.